The summed E-state index contributed by atoms with van der Waals surface area (Å²) in [5, 5.41) is 6.72. The van der Waals surface area contributed by atoms with Gasteiger partial charge in [0.2, 0.25) is 21.8 Å². The molecule has 1 aromatic heterocycles. The molecule has 2 aliphatic rings. The number of likely N-dealkylation sites (tertiary alicyclic amines) is 2. The van der Waals surface area contributed by atoms with Crippen LogP contribution in [-0.4, -0.2) is 80.6 Å². The van der Waals surface area contributed by atoms with Crippen LogP contribution in [0.3, 0.4) is 0 Å². The first-order valence-electron chi connectivity index (χ1n) is 12.9. The van der Waals surface area contributed by atoms with Crippen molar-refractivity contribution in [3.63, 3.8) is 0 Å². The number of nitrogens with zero attached hydrogens (tertiary/aromatic N) is 2. The van der Waals surface area contributed by atoms with Crippen molar-refractivity contribution >= 4 is 74.3 Å². The Balaban J connectivity index is 1.29. The number of rotatable bonds is 10. The van der Waals surface area contributed by atoms with E-state index in [4.69, 9.17) is 11.6 Å². The lowest BCUT2D eigenvalue weighted by Crippen LogP contribution is -2.55. The summed E-state index contributed by atoms with van der Waals surface area (Å²) < 4.78 is 28.1. The Morgan fingerprint density at radius 2 is 1.93 bits per heavy atom. The number of anilines is 1. The maximum atomic E-state index is 13.2. The number of carbonyl (C=O) groups excluding carboxylic acids is 3. The van der Waals surface area contributed by atoms with E-state index in [1.165, 1.54) is 34.1 Å². The molecule has 4 amide bonds. The normalized spacial score (nSPS) is 19.8. The SMILES string of the molecule is CSc1ccccc1NC(=O)NC[C@@H]1CCCN1C(=O)CN1CCC[C@H](NS(=O)(=O)C=Cc2ccc(Cl)s2)C1=O. The van der Waals surface area contributed by atoms with Crippen molar-refractivity contribution in [2.45, 2.75) is 42.7 Å². The Bertz CT molecular complexity index is 1370. The van der Waals surface area contributed by atoms with Crippen LogP contribution in [0.15, 0.2) is 46.7 Å². The van der Waals surface area contributed by atoms with Crippen molar-refractivity contribution in [3.05, 3.63) is 51.0 Å². The van der Waals surface area contributed by atoms with Crippen LogP contribution in [0.25, 0.3) is 6.08 Å². The Morgan fingerprint density at radius 1 is 1.15 bits per heavy atom. The summed E-state index contributed by atoms with van der Waals surface area (Å²) in [6.45, 7) is 1.07. The fraction of sp³-hybridized carbons (Fsp3) is 0.423. The van der Waals surface area contributed by atoms with Crippen LogP contribution in [-0.2, 0) is 19.6 Å². The van der Waals surface area contributed by atoms with Gasteiger partial charge in [0.1, 0.15) is 6.04 Å². The second-order valence-electron chi connectivity index (χ2n) is 9.48. The van der Waals surface area contributed by atoms with E-state index in [1.807, 2.05) is 30.5 Å². The van der Waals surface area contributed by atoms with Gasteiger partial charge in [-0.1, -0.05) is 23.7 Å². The molecule has 2 saturated heterocycles. The van der Waals surface area contributed by atoms with Gasteiger partial charge in [0.15, 0.2) is 0 Å². The Morgan fingerprint density at radius 3 is 2.67 bits per heavy atom. The lowest BCUT2D eigenvalue weighted by Gasteiger charge is -2.34. The molecular weight excluding hydrogens is 594 g/mol. The molecule has 4 rings (SSSR count). The first-order chi connectivity index (χ1) is 19.1. The number of halogens is 1. The molecule has 1 aromatic carbocycles. The van der Waals surface area contributed by atoms with Gasteiger partial charge < -0.3 is 20.4 Å². The number of urea groups is 1. The summed E-state index contributed by atoms with van der Waals surface area (Å²) in [4.78, 5) is 43.5. The predicted molar refractivity (Wildman–Crippen MR) is 160 cm³/mol. The van der Waals surface area contributed by atoms with E-state index < -0.39 is 22.0 Å². The molecule has 3 N–H and O–H groups in total. The number of carbonyl (C=O) groups is 3. The molecule has 40 heavy (non-hydrogen) atoms. The van der Waals surface area contributed by atoms with Crippen LogP contribution < -0.4 is 15.4 Å². The highest BCUT2D eigenvalue weighted by Crippen LogP contribution is 2.25. The molecule has 10 nitrogen and oxygen atoms in total. The van der Waals surface area contributed by atoms with Crippen molar-refractivity contribution in [1.29, 1.82) is 0 Å². The smallest absolute Gasteiger partial charge is 0.319 e. The first kappa shape index (κ1) is 30.4. The van der Waals surface area contributed by atoms with Crippen LogP contribution in [0.5, 0.6) is 0 Å². The summed E-state index contributed by atoms with van der Waals surface area (Å²) in [6.07, 6.45) is 5.83. The van der Waals surface area contributed by atoms with Crippen molar-refractivity contribution in [3.8, 4) is 0 Å². The second kappa shape index (κ2) is 13.9. The maximum Gasteiger partial charge on any atom is 0.319 e. The van der Waals surface area contributed by atoms with Crippen LogP contribution >= 0.6 is 34.7 Å². The van der Waals surface area contributed by atoms with E-state index in [9.17, 15) is 22.8 Å². The first-order valence-corrected chi connectivity index (χ1v) is 16.8. The van der Waals surface area contributed by atoms with Gasteiger partial charge in [0, 0.05) is 40.9 Å². The van der Waals surface area contributed by atoms with E-state index in [0.29, 0.717) is 40.8 Å². The molecule has 216 valence electrons. The number of thiophene rings is 1. The molecule has 0 spiro atoms. The number of benzene rings is 1. The maximum absolute atomic E-state index is 13.2. The average molecular weight is 626 g/mol. The number of piperidine rings is 1. The molecule has 2 aromatic rings. The molecule has 14 heteroatoms. The highest BCUT2D eigenvalue weighted by molar-refractivity contribution is 7.98. The molecule has 2 fully saturated rings. The number of hydrogen-bond donors (Lipinski definition) is 3. The summed E-state index contributed by atoms with van der Waals surface area (Å²) in [5.41, 5.74) is 0.715. The molecule has 0 aliphatic carbocycles. The van der Waals surface area contributed by atoms with Crippen molar-refractivity contribution in [1.82, 2.24) is 19.8 Å². The Labute approximate surface area is 247 Å². The number of thioether (sulfide) groups is 1. The topological polar surface area (TPSA) is 128 Å². The Hall–Kier alpha value is -2.58. The van der Waals surface area contributed by atoms with Gasteiger partial charge in [-0.3, -0.25) is 9.59 Å². The molecule has 3 heterocycles. The second-order valence-corrected chi connectivity index (χ2v) is 13.7. The highest BCUT2D eigenvalue weighted by Gasteiger charge is 2.35. The van der Waals surface area contributed by atoms with E-state index in [0.717, 1.165) is 23.1 Å². The van der Waals surface area contributed by atoms with E-state index in [2.05, 4.69) is 15.4 Å². The van der Waals surface area contributed by atoms with Crippen LogP contribution in [0.1, 0.15) is 30.6 Å². The van der Waals surface area contributed by atoms with Gasteiger partial charge >= 0.3 is 6.03 Å². The zero-order valence-corrected chi connectivity index (χ0v) is 25.2. The van der Waals surface area contributed by atoms with E-state index >= 15 is 0 Å². The lowest BCUT2D eigenvalue weighted by atomic mass is 10.1. The lowest BCUT2D eigenvalue weighted by molar-refractivity contribution is -0.143. The number of nitrogens with one attached hydrogen (secondary N) is 3. The number of sulfonamides is 1. The third-order valence-electron chi connectivity index (χ3n) is 6.72. The minimum absolute atomic E-state index is 0.135. The molecule has 2 atom stereocenters. The van der Waals surface area contributed by atoms with E-state index in [-0.39, 0.29) is 31.1 Å². The standard InChI is InChI=1S/C26H32ClN5O5S3/c1-38-22-9-3-2-7-20(22)29-26(35)28-16-18-6-4-14-32(18)24(33)17-31-13-5-8-21(25(31)34)30-40(36,37)15-12-19-10-11-23(27)39-19/h2-3,7,9-12,15,18,21,30H,4-6,8,13-14,16-17H2,1H3,(H2,28,29,35)/t18-,21-/m0/s1. The summed E-state index contributed by atoms with van der Waals surface area (Å²) in [7, 11) is -3.88. The van der Waals surface area contributed by atoms with Crippen molar-refractivity contribution in [2.75, 3.05) is 37.8 Å². The van der Waals surface area contributed by atoms with Crippen LogP contribution in [0, 0.1) is 0 Å². The third kappa shape index (κ3) is 8.23. The number of para-hydroxylation sites is 1. The fourth-order valence-electron chi connectivity index (χ4n) is 4.77. The molecule has 0 unspecified atom stereocenters. The van der Waals surface area contributed by atoms with Gasteiger partial charge in [-0.15, -0.1) is 23.1 Å². The van der Waals surface area contributed by atoms with Gasteiger partial charge in [0.25, 0.3) is 0 Å². The molecular formula is C26H32ClN5O5S3. The van der Waals surface area contributed by atoms with Gasteiger partial charge in [-0.25, -0.2) is 13.2 Å². The predicted octanol–water partition coefficient (Wildman–Crippen LogP) is 3.82. The highest BCUT2D eigenvalue weighted by atomic mass is 35.5. The van der Waals surface area contributed by atoms with Gasteiger partial charge in [-0.2, -0.15) is 4.72 Å². The van der Waals surface area contributed by atoms with Crippen molar-refractivity contribution < 1.29 is 22.8 Å². The summed E-state index contributed by atoms with van der Waals surface area (Å²) >= 11 is 8.66. The summed E-state index contributed by atoms with van der Waals surface area (Å²) in [5.74, 6) is -0.639. The van der Waals surface area contributed by atoms with Crippen molar-refractivity contribution in [2.24, 2.45) is 0 Å². The molecule has 2 aliphatic heterocycles. The number of amides is 4. The van der Waals surface area contributed by atoms with E-state index in [1.54, 1.807) is 17.0 Å². The monoisotopic (exact) mass is 625 g/mol. The molecule has 0 bridgehead atoms. The zero-order valence-electron chi connectivity index (χ0n) is 22.0. The zero-order chi connectivity index (χ0) is 28.7. The minimum atomic E-state index is -3.88. The van der Waals surface area contributed by atoms with Gasteiger partial charge in [0.05, 0.1) is 16.6 Å². The summed E-state index contributed by atoms with van der Waals surface area (Å²) in [6, 6.07) is 9.42. The molecule has 0 radical (unpaired) electrons. The fourth-order valence-corrected chi connectivity index (χ4v) is 7.40. The minimum Gasteiger partial charge on any atom is -0.336 e. The van der Waals surface area contributed by atoms with Crippen LogP contribution in [0.2, 0.25) is 4.34 Å². The number of hydrogen-bond acceptors (Lipinski definition) is 7. The largest absolute Gasteiger partial charge is 0.336 e. The van der Waals surface area contributed by atoms with Crippen LogP contribution in [0.4, 0.5) is 10.5 Å². The Kier molecular flexibility index (Phi) is 10.5. The van der Waals surface area contributed by atoms with Gasteiger partial charge in [-0.05, 0) is 62.3 Å². The quantitative estimate of drug-likeness (QED) is 0.345. The average Bonchev–Trinajstić information content (AvgIpc) is 3.57. The third-order valence-corrected chi connectivity index (χ3v) is 9.82. The molecule has 0 saturated carbocycles.